The van der Waals surface area contributed by atoms with E-state index < -0.39 is 26.6 Å². The Morgan fingerprint density at radius 3 is 2.75 bits per heavy atom. The summed E-state index contributed by atoms with van der Waals surface area (Å²) in [4.78, 5) is -0.446. The van der Waals surface area contributed by atoms with Crippen LogP contribution in [0.25, 0.3) is 0 Å². The topological polar surface area (TPSA) is 37.4 Å². The number of piperidine rings is 1. The highest BCUT2D eigenvalue weighted by Gasteiger charge is 2.31. The van der Waals surface area contributed by atoms with E-state index in [9.17, 15) is 17.2 Å². The first kappa shape index (κ1) is 15.9. The van der Waals surface area contributed by atoms with Crippen molar-refractivity contribution in [1.29, 1.82) is 0 Å². The van der Waals surface area contributed by atoms with E-state index in [1.165, 1.54) is 4.31 Å². The van der Waals surface area contributed by atoms with Crippen molar-refractivity contribution < 1.29 is 17.2 Å². The summed E-state index contributed by atoms with van der Waals surface area (Å²) in [6.07, 6.45) is 2.63. The molecule has 112 valence electrons. The Balaban J connectivity index is 2.25. The van der Waals surface area contributed by atoms with Crippen LogP contribution < -0.4 is 0 Å². The molecular weight excluding hydrogens is 352 g/mol. The molecule has 2 rings (SSSR count). The van der Waals surface area contributed by atoms with Crippen LogP contribution in [-0.2, 0) is 10.0 Å². The molecule has 1 unspecified atom stereocenters. The van der Waals surface area contributed by atoms with Crippen LogP contribution in [0.2, 0.25) is 0 Å². The van der Waals surface area contributed by atoms with Crippen molar-refractivity contribution in [2.45, 2.75) is 24.2 Å². The SMILES string of the molecule is O=S(=O)(c1ccc(F)cc1F)N1CCCC(CCBr)C1. The first-order valence-electron chi connectivity index (χ1n) is 6.46. The zero-order valence-electron chi connectivity index (χ0n) is 10.9. The van der Waals surface area contributed by atoms with Gasteiger partial charge in [-0.2, -0.15) is 4.31 Å². The summed E-state index contributed by atoms with van der Waals surface area (Å²) in [6.45, 7) is 0.780. The predicted molar refractivity (Wildman–Crippen MR) is 76.3 cm³/mol. The molecule has 0 radical (unpaired) electrons. The average Bonchev–Trinajstić information content (AvgIpc) is 2.39. The maximum absolute atomic E-state index is 13.7. The molecule has 0 aromatic heterocycles. The first-order valence-corrected chi connectivity index (χ1v) is 9.02. The highest BCUT2D eigenvalue weighted by Crippen LogP contribution is 2.27. The van der Waals surface area contributed by atoms with Crippen LogP contribution in [-0.4, -0.2) is 31.1 Å². The number of hydrogen-bond acceptors (Lipinski definition) is 2. The lowest BCUT2D eigenvalue weighted by Crippen LogP contribution is -2.40. The molecule has 1 aliphatic rings. The van der Waals surface area contributed by atoms with E-state index in [0.717, 1.165) is 36.7 Å². The minimum absolute atomic E-state index is 0.279. The molecule has 1 aromatic carbocycles. The smallest absolute Gasteiger partial charge is 0.207 e. The van der Waals surface area contributed by atoms with E-state index in [1.54, 1.807) is 0 Å². The van der Waals surface area contributed by atoms with Crippen LogP contribution in [0.1, 0.15) is 19.3 Å². The molecule has 1 aromatic rings. The fraction of sp³-hybridized carbons (Fsp3) is 0.538. The predicted octanol–water partition coefficient (Wildman–Crippen LogP) is 3.15. The van der Waals surface area contributed by atoms with Gasteiger partial charge >= 0.3 is 0 Å². The Kier molecular flexibility index (Phi) is 5.14. The molecular formula is C13H16BrF2NO2S. The lowest BCUT2D eigenvalue weighted by atomic mass is 9.97. The minimum atomic E-state index is -3.88. The van der Waals surface area contributed by atoms with E-state index in [-0.39, 0.29) is 5.92 Å². The van der Waals surface area contributed by atoms with Gasteiger partial charge in [0, 0.05) is 24.5 Å². The van der Waals surface area contributed by atoms with Gasteiger partial charge in [0.25, 0.3) is 0 Å². The molecule has 0 bridgehead atoms. The van der Waals surface area contributed by atoms with Gasteiger partial charge in [0.05, 0.1) is 0 Å². The first-order chi connectivity index (χ1) is 9.45. The zero-order valence-corrected chi connectivity index (χ0v) is 13.3. The van der Waals surface area contributed by atoms with Crippen LogP contribution >= 0.6 is 15.9 Å². The lowest BCUT2D eigenvalue weighted by Gasteiger charge is -2.31. The normalized spacial score (nSPS) is 21.1. The van der Waals surface area contributed by atoms with Crippen LogP contribution in [0, 0.1) is 17.6 Å². The summed E-state index contributed by atoms with van der Waals surface area (Å²) >= 11 is 3.35. The Hall–Kier alpha value is -0.530. The van der Waals surface area contributed by atoms with Crippen molar-refractivity contribution in [3.8, 4) is 0 Å². The molecule has 1 heterocycles. The number of alkyl halides is 1. The van der Waals surface area contributed by atoms with Gasteiger partial charge < -0.3 is 0 Å². The number of rotatable bonds is 4. The van der Waals surface area contributed by atoms with Gasteiger partial charge in [-0.15, -0.1) is 0 Å². The number of nitrogens with zero attached hydrogens (tertiary/aromatic N) is 1. The van der Waals surface area contributed by atoms with E-state index in [2.05, 4.69) is 15.9 Å². The van der Waals surface area contributed by atoms with Gasteiger partial charge in [0.2, 0.25) is 10.0 Å². The van der Waals surface area contributed by atoms with Crippen molar-refractivity contribution in [3.05, 3.63) is 29.8 Å². The maximum Gasteiger partial charge on any atom is 0.245 e. The second-order valence-electron chi connectivity index (χ2n) is 4.92. The van der Waals surface area contributed by atoms with Crippen LogP contribution in [0.15, 0.2) is 23.1 Å². The molecule has 0 spiro atoms. The third-order valence-corrected chi connectivity index (χ3v) is 5.87. The Labute approximate surface area is 126 Å². The molecule has 1 fully saturated rings. The van der Waals surface area contributed by atoms with E-state index in [4.69, 9.17) is 0 Å². The summed E-state index contributed by atoms with van der Waals surface area (Å²) in [5.41, 5.74) is 0. The van der Waals surface area contributed by atoms with Gasteiger partial charge in [-0.3, -0.25) is 0 Å². The summed E-state index contributed by atoms with van der Waals surface area (Å²) in [5.74, 6) is -1.54. The third-order valence-electron chi connectivity index (χ3n) is 3.51. The van der Waals surface area contributed by atoms with E-state index in [0.29, 0.717) is 19.2 Å². The lowest BCUT2D eigenvalue weighted by molar-refractivity contribution is 0.262. The Morgan fingerprint density at radius 1 is 1.35 bits per heavy atom. The second-order valence-corrected chi connectivity index (χ2v) is 7.62. The zero-order chi connectivity index (χ0) is 14.8. The molecule has 0 aliphatic carbocycles. The Bertz CT molecular complexity index is 578. The van der Waals surface area contributed by atoms with Gasteiger partial charge in [-0.25, -0.2) is 17.2 Å². The van der Waals surface area contributed by atoms with Crippen molar-refractivity contribution in [2.24, 2.45) is 5.92 Å². The molecule has 3 nitrogen and oxygen atoms in total. The van der Waals surface area contributed by atoms with Crippen molar-refractivity contribution in [2.75, 3.05) is 18.4 Å². The average molecular weight is 368 g/mol. The number of benzene rings is 1. The maximum atomic E-state index is 13.7. The Morgan fingerprint density at radius 2 is 2.10 bits per heavy atom. The fourth-order valence-electron chi connectivity index (χ4n) is 2.46. The molecule has 0 amide bonds. The molecule has 0 N–H and O–H groups in total. The summed E-state index contributed by atoms with van der Waals surface area (Å²) in [6, 6.07) is 2.57. The second kappa shape index (κ2) is 6.49. The van der Waals surface area contributed by atoms with Gasteiger partial charge in [0.15, 0.2) is 0 Å². The number of halogens is 3. The van der Waals surface area contributed by atoms with E-state index >= 15 is 0 Å². The van der Waals surface area contributed by atoms with E-state index in [1.807, 2.05) is 0 Å². The number of sulfonamides is 1. The van der Waals surface area contributed by atoms with Crippen molar-refractivity contribution >= 4 is 26.0 Å². The molecule has 0 saturated carbocycles. The van der Waals surface area contributed by atoms with Gasteiger partial charge in [0.1, 0.15) is 16.5 Å². The minimum Gasteiger partial charge on any atom is -0.207 e. The molecule has 20 heavy (non-hydrogen) atoms. The molecule has 1 saturated heterocycles. The molecule has 1 atom stereocenters. The largest absolute Gasteiger partial charge is 0.245 e. The summed E-state index contributed by atoms with van der Waals surface area (Å²) < 4.78 is 52.7. The third kappa shape index (κ3) is 3.38. The monoisotopic (exact) mass is 367 g/mol. The van der Waals surface area contributed by atoms with Gasteiger partial charge in [-0.1, -0.05) is 15.9 Å². The van der Waals surface area contributed by atoms with Gasteiger partial charge in [-0.05, 0) is 37.3 Å². The van der Waals surface area contributed by atoms with Crippen LogP contribution in [0.5, 0.6) is 0 Å². The fourth-order valence-corrected chi connectivity index (χ4v) is 4.71. The summed E-state index contributed by atoms with van der Waals surface area (Å²) in [5, 5.41) is 0.816. The van der Waals surface area contributed by atoms with Crippen molar-refractivity contribution in [3.63, 3.8) is 0 Å². The van der Waals surface area contributed by atoms with Crippen LogP contribution in [0.4, 0.5) is 8.78 Å². The van der Waals surface area contributed by atoms with Crippen molar-refractivity contribution in [1.82, 2.24) is 4.31 Å². The molecule has 7 heteroatoms. The molecule has 1 aliphatic heterocycles. The standard InChI is InChI=1S/C13H16BrF2NO2S/c14-6-5-10-2-1-7-17(9-10)20(18,19)13-4-3-11(15)8-12(13)16/h3-4,8,10H,1-2,5-7,9H2. The number of hydrogen-bond donors (Lipinski definition) is 0. The highest BCUT2D eigenvalue weighted by atomic mass is 79.9. The summed E-state index contributed by atoms with van der Waals surface area (Å²) in [7, 11) is -3.88. The van der Waals surface area contributed by atoms with Crippen LogP contribution in [0.3, 0.4) is 0 Å². The quantitative estimate of drug-likeness (QED) is 0.766. The highest BCUT2D eigenvalue weighted by molar-refractivity contribution is 9.09.